The van der Waals surface area contributed by atoms with Crippen LogP contribution in [0.2, 0.25) is 0 Å². The standard InChI is InChI=1S/C21H18FNO5S/c22-15-8-4-7-14(11-15)18-17(19(24)13-5-2-1-3-6-13)20(25)21(26)23(18)16-9-10-29(27,28)12-16/h1-8,11,16,18,24H,9-10,12H2/t16-,18+/m1/s1. The smallest absolute Gasteiger partial charge is 0.295 e. The van der Waals surface area contributed by atoms with Gasteiger partial charge in [0, 0.05) is 11.6 Å². The van der Waals surface area contributed by atoms with E-state index in [9.17, 15) is 27.5 Å². The molecular formula is C21H18FNO5S. The Morgan fingerprint density at radius 3 is 2.41 bits per heavy atom. The summed E-state index contributed by atoms with van der Waals surface area (Å²) in [5.41, 5.74) is 0.466. The quantitative estimate of drug-likeness (QED) is 0.472. The molecular weight excluding hydrogens is 397 g/mol. The average Bonchev–Trinajstić information content (AvgIpc) is 3.18. The summed E-state index contributed by atoms with van der Waals surface area (Å²) in [5, 5.41) is 10.8. The molecule has 0 spiro atoms. The Morgan fingerprint density at radius 2 is 1.79 bits per heavy atom. The first-order valence-electron chi connectivity index (χ1n) is 9.10. The van der Waals surface area contributed by atoms with Crippen LogP contribution < -0.4 is 0 Å². The Morgan fingerprint density at radius 1 is 1.07 bits per heavy atom. The Kier molecular flexibility index (Phi) is 4.74. The highest BCUT2D eigenvalue weighted by Gasteiger charge is 2.50. The zero-order chi connectivity index (χ0) is 20.8. The molecule has 29 heavy (non-hydrogen) atoms. The molecule has 0 unspecified atom stereocenters. The van der Waals surface area contributed by atoms with Crippen LogP contribution in [0.4, 0.5) is 4.39 Å². The first kappa shape index (κ1) is 19.3. The van der Waals surface area contributed by atoms with E-state index < -0.39 is 39.4 Å². The van der Waals surface area contributed by atoms with Gasteiger partial charge in [0.1, 0.15) is 11.6 Å². The molecule has 4 rings (SSSR count). The molecule has 2 atom stereocenters. The minimum absolute atomic E-state index is 0.0881. The summed E-state index contributed by atoms with van der Waals surface area (Å²) >= 11 is 0. The third-order valence-corrected chi connectivity index (χ3v) is 7.04. The molecule has 2 saturated heterocycles. The second kappa shape index (κ2) is 7.11. The SMILES string of the molecule is O=C1C(=O)N([C@@H]2CCS(=O)(=O)C2)[C@@H](c2cccc(F)c2)C1=C(O)c1ccccc1. The summed E-state index contributed by atoms with van der Waals surface area (Å²) in [6.45, 7) is 0. The molecule has 1 amide bonds. The molecule has 150 valence electrons. The maximum Gasteiger partial charge on any atom is 0.295 e. The lowest BCUT2D eigenvalue weighted by Gasteiger charge is -2.30. The van der Waals surface area contributed by atoms with Crippen LogP contribution in [0.5, 0.6) is 0 Å². The van der Waals surface area contributed by atoms with Crippen molar-refractivity contribution in [2.24, 2.45) is 0 Å². The lowest BCUT2D eigenvalue weighted by Crippen LogP contribution is -2.40. The van der Waals surface area contributed by atoms with Crippen molar-refractivity contribution in [2.45, 2.75) is 18.5 Å². The number of ketones is 1. The molecule has 2 aliphatic rings. The number of rotatable bonds is 3. The Labute approximate surface area is 167 Å². The third kappa shape index (κ3) is 3.44. The maximum atomic E-state index is 13.9. The van der Waals surface area contributed by atoms with Crippen molar-refractivity contribution in [3.63, 3.8) is 0 Å². The van der Waals surface area contributed by atoms with Crippen molar-refractivity contribution in [1.29, 1.82) is 0 Å². The van der Waals surface area contributed by atoms with Gasteiger partial charge in [-0.2, -0.15) is 0 Å². The molecule has 2 fully saturated rings. The van der Waals surface area contributed by atoms with Crippen molar-refractivity contribution in [3.05, 3.63) is 77.1 Å². The zero-order valence-electron chi connectivity index (χ0n) is 15.3. The van der Waals surface area contributed by atoms with E-state index in [1.54, 1.807) is 36.4 Å². The number of aliphatic hydroxyl groups is 1. The van der Waals surface area contributed by atoms with E-state index in [1.165, 1.54) is 23.1 Å². The van der Waals surface area contributed by atoms with Gasteiger partial charge >= 0.3 is 0 Å². The van der Waals surface area contributed by atoms with Crippen LogP contribution in [0.1, 0.15) is 23.6 Å². The van der Waals surface area contributed by atoms with Gasteiger partial charge in [-0.3, -0.25) is 9.59 Å². The number of likely N-dealkylation sites (tertiary alicyclic amines) is 1. The van der Waals surface area contributed by atoms with Gasteiger partial charge < -0.3 is 10.0 Å². The van der Waals surface area contributed by atoms with Gasteiger partial charge in [-0.15, -0.1) is 0 Å². The molecule has 2 aromatic rings. The van der Waals surface area contributed by atoms with Gasteiger partial charge in [-0.25, -0.2) is 12.8 Å². The van der Waals surface area contributed by atoms with Crippen LogP contribution >= 0.6 is 0 Å². The largest absolute Gasteiger partial charge is 0.507 e. The number of benzene rings is 2. The van der Waals surface area contributed by atoms with Crippen molar-refractivity contribution >= 4 is 27.3 Å². The number of Topliss-reactive ketones (excluding diaryl/α,β-unsaturated/α-hetero) is 1. The second-order valence-electron chi connectivity index (χ2n) is 7.18. The highest BCUT2D eigenvalue weighted by molar-refractivity contribution is 7.91. The fourth-order valence-corrected chi connectivity index (χ4v) is 5.69. The first-order chi connectivity index (χ1) is 13.8. The summed E-state index contributed by atoms with van der Waals surface area (Å²) in [4.78, 5) is 26.9. The molecule has 2 aromatic carbocycles. The molecule has 6 nitrogen and oxygen atoms in total. The van der Waals surface area contributed by atoms with Crippen molar-refractivity contribution in [3.8, 4) is 0 Å². The van der Waals surface area contributed by atoms with E-state index in [1.807, 2.05) is 0 Å². The maximum absolute atomic E-state index is 13.9. The van der Waals surface area contributed by atoms with Gasteiger partial charge in [-0.05, 0) is 24.1 Å². The van der Waals surface area contributed by atoms with E-state index in [4.69, 9.17) is 0 Å². The van der Waals surface area contributed by atoms with E-state index in [0.717, 1.165) is 0 Å². The number of nitrogens with zero attached hydrogens (tertiary/aromatic N) is 1. The summed E-state index contributed by atoms with van der Waals surface area (Å²) in [6.07, 6.45) is 0.187. The number of carbonyl (C=O) groups is 2. The predicted octanol–water partition coefficient (Wildman–Crippen LogP) is 2.43. The van der Waals surface area contributed by atoms with E-state index >= 15 is 0 Å². The van der Waals surface area contributed by atoms with E-state index in [-0.39, 0.29) is 29.3 Å². The molecule has 0 aliphatic carbocycles. The topological polar surface area (TPSA) is 91.8 Å². The van der Waals surface area contributed by atoms with Gasteiger partial charge in [0.2, 0.25) is 0 Å². The van der Waals surface area contributed by atoms with Crippen molar-refractivity contribution < 1.29 is 27.5 Å². The fourth-order valence-electron chi connectivity index (χ4n) is 3.98. The van der Waals surface area contributed by atoms with Gasteiger partial charge in [-0.1, -0.05) is 42.5 Å². The van der Waals surface area contributed by atoms with Crippen molar-refractivity contribution in [1.82, 2.24) is 4.90 Å². The van der Waals surface area contributed by atoms with E-state index in [2.05, 4.69) is 0 Å². The van der Waals surface area contributed by atoms with Crippen molar-refractivity contribution in [2.75, 3.05) is 11.5 Å². The van der Waals surface area contributed by atoms with E-state index in [0.29, 0.717) is 11.1 Å². The minimum Gasteiger partial charge on any atom is -0.507 e. The van der Waals surface area contributed by atoms with Crippen LogP contribution in [0.3, 0.4) is 0 Å². The number of hydrogen-bond donors (Lipinski definition) is 1. The molecule has 1 N–H and O–H groups in total. The number of amides is 1. The Balaban J connectivity index is 1.90. The molecule has 0 radical (unpaired) electrons. The van der Waals surface area contributed by atoms with Crippen LogP contribution in [0.15, 0.2) is 60.2 Å². The normalized spacial score (nSPS) is 25.5. The number of sulfone groups is 1. The summed E-state index contributed by atoms with van der Waals surface area (Å²) in [7, 11) is -3.34. The molecule has 0 bridgehead atoms. The average molecular weight is 415 g/mol. The lowest BCUT2D eigenvalue weighted by molar-refractivity contribution is -0.141. The molecule has 8 heteroatoms. The summed E-state index contributed by atoms with van der Waals surface area (Å²) in [6, 6.07) is 11.9. The molecule has 2 heterocycles. The lowest BCUT2D eigenvalue weighted by atomic mass is 9.94. The monoisotopic (exact) mass is 415 g/mol. The number of hydrogen-bond acceptors (Lipinski definition) is 5. The first-order valence-corrected chi connectivity index (χ1v) is 10.9. The summed E-state index contributed by atoms with van der Waals surface area (Å²) in [5.74, 6) is -3.09. The second-order valence-corrected chi connectivity index (χ2v) is 9.41. The molecule has 2 aliphatic heterocycles. The van der Waals surface area contributed by atoms with Gasteiger partial charge in [0.05, 0.1) is 23.1 Å². The number of halogens is 1. The number of carbonyl (C=O) groups excluding carboxylic acids is 2. The van der Waals surface area contributed by atoms with Gasteiger partial charge in [0.15, 0.2) is 9.84 Å². The summed E-state index contributed by atoms with van der Waals surface area (Å²) < 4.78 is 37.9. The highest BCUT2D eigenvalue weighted by Crippen LogP contribution is 2.42. The number of aliphatic hydroxyl groups excluding tert-OH is 1. The van der Waals surface area contributed by atoms with Crippen LogP contribution in [-0.2, 0) is 19.4 Å². The zero-order valence-corrected chi connectivity index (χ0v) is 16.1. The molecule has 0 aromatic heterocycles. The fraction of sp³-hybridized carbons (Fsp3) is 0.238. The van der Waals surface area contributed by atoms with Gasteiger partial charge in [0.25, 0.3) is 11.7 Å². The highest BCUT2D eigenvalue weighted by atomic mass is 32.2. The van der Waals surface area contributed by atoms with Crippen LogP contribution in [0.25, 0.3) is 5.76 Å². The third-order valence-electron chi connectivity index (χ3n) is 5.29. The Hall–Kier alpha value is -3.00. The molecule has 0 saturated carbocycles. The predicted molar refractivity (Wildman–Crippen MR) is 104 cm³/mol. The Bertz CT molecular complexity index is 1130. The van der Waals surface area contributed by atoms with Crippen LogP contribution in [0, 0.1) is 5.82 Å². The minimum atomic E-state index is -3.34. The van der Waals surface area contributed by atoms with Crippen LogP contribution in [-0.4, -0.2) is 47.7 Å².